The van der Waals surface area contributed by atoms with Crippen LogP contribution in [0.5, 0.6) is 0 Å². The first-order chi connectivity index (χ1) is 4.20. The Kier molecular flexibility index (Phi) is 1.96. The SMILES string of the molecule is CC1NC=C(Cl)CC1F. The molecule has 1 aliphatic heterocycles. The molecule has 0 fully saturated rings. The number of hydrogen-bond donors (Lipinski definition) is 1. The Hall–Kier alpha value is -0.240. The van der Waals surface area contributed by atoms with Gasteiger partial charge in [-0.15, -0.1) is 0 Å². The third-order valence-electron chi connectivity index (χ3n) is 1.44. The minimum atomic E-state index is -0.831. The Morgan fingerprint density at radius 3 is 3.00 bits per heavy atom. The fourth-order valence-corrected chi connectivity index (χ4v) is 0.959. The van der Waals surface area contributed by atoms with Crippen molar-refractivity contribution < 1.29 is 4.39 Å². The van der Waals surface area contributed by atoms with Gasteiger partial charge in [-0.25, -0.2) is 4.39 Å². The summed E-state index contributed by atoms with van der Waals surface area (Å²) in [4.78, 5) is 0. The van der Waals surface area contributed by atoms with Gasteiger partial charge in [0.05, 0.1) is 6.04 Å². The molecule has 0 saturated heterocycles. The van der Waals surface area contributed by atoms with Gasteiger partial charge in [0.15, 0.2) is 0 Å². The van der Waals surface area contributed by atoms with Crippen molar-refractivity contribution in [3.63, 3.8) is 0 Å². The maximum atomic E-state index is 12.6. The second kappa shape index (κ2) is 2.56. The molecule has 1 rings (SSSR count). The fourth-order valence-electron chi connectivity index (χ4n) is 0.748. The van der Waals surface area contributed by atoms with Crippen LogP contribution in [0.25, 0.3) is 0 Å². The fraction of sp³-hybridized carbons (Fsp3) is 0.667. The third kappa shape index (κ3) is 1.58. The van der Waals surface area contributed by atoms with Crippen LogP contribution in [0.15, 0.2) is 11.2 Å². The maximum absolute atomic E-state index is 12.6. The van der Waals surface area contributed by atoms with E-state index in [1.54, 1.807) is 13.1 Å². The summed E-state index contributed by atoms with van der Waals surface area (Å²) in [5, 5.41) is 3.38. The highest BCUT2D eigenvalue weighted by molar-refractivity contribution is 6.29. The summed E-state index contributed by atoms with van der Waals surface area (Å²) in [6.07, 6.45) is 1.18. The van der Waals surface area contributed by atoms with E-state index in [4.69, 9.17) is 11.6 Å². The predicted octanol–water partition coefficient (Wildman–Crippen LogP) is 1.79. The van der Waals surface area contributed by atoms with Crippen molar-refractivity contribution in [2.45, 2.75) is 25.6 Å². The molecule has 52 valence electrons. The molecule has 0 spiro atoms. The van der Waals surface area contributed by atoms with Crippen LogP contribution in [0.2, 0.25) is 0 Å². The van der Waals surface area contributed by atoms with Gasteiger partial charge in [-0.2, -0.15) is 0 Å². The Balaban J connectivity index is 2.54. The van der Waals surface area contributed by atoms with Crippen LogP contribution in [0.3, 0.4) is 0 Å². The Morgan fingerprint density at radius 1 is 1.89 bits per heavy atom. The smallest absolute Gasteiger partial charge is 0.125 e. The molecule has 1 N–H and O–H groups in total. The summed E-state index contributed by atoms with van der Waals surface area (Å²) in [5.74, 6) is 0. The standard InChI is InChI=1S/C6H9ClFN/c1-4-6(8)2-5(7)3-9-4/h3-4,6,9H,2H2,1H3. The Bertz CT molecular complexity index is 135. The first-order valence-electron chi connectivity index (χ1n) is 2.95. The minimum absolute atomic E-state index is 0.0903. The van der Waals surface area contributed by atoms with Crippen molar-refractivity contribution in [3.05, 3.63) is 11.2 Å². The normalized spacial score (nSPS) is 35.2. The molecule has 0 aromatic rings. The summed E-state index contributed by atoms with van der Waals surface area (Å²) in [7, 11) is 0. The van der Waals surface area contributed by atoms with Crippen LogP contribution in [0.1, 0.15) is 13.3 Å². The van der Waals surface area contributed by atoms with Crippen molar-refractivity contribution in [2.75, 3.05) is 0 Å². The summed E-state index contributed by atoms with van der Waals surface area (Å²) in [6, 6.07) is -0.0903. The van der Waals surface area contributed by atoms with Crippen molar-refractivity contribution in [1.29, 1.82) is 0 Å². The molecular weight excluding hydrogens is 141 g/mol. The molecular formula is C6H9ClFN. The number of nitrogens with one attached hydrogen (secondary N) is 1. The van der Waals surface area contributed by atoms with E-state index in [9.17, 15) is 4.39 Å². The lowest BCUT2D eigenvalue weighted by atomic mass is 10.1. The topological polar surface area (TPSA) is 12.0 Å². The van der Waals surface area contributed by atoms with E-state index in [1.807, 2.05) is 0 Å². The van der Waals surface area contributed by atoms with Crippen molar-refractivity contribution in [2.24, 2.45) is 0 Å². The molecule has 1 heterocycles. The molecule has 2 atom stereocenters. The highest BCUT2D eigenvalue weighted by atomic mass is 35.5. The largest absolute Gasteiger partial charge is 0.385 e. The van der Waals surface area contributed by atoms with E-state index < -0.39 is 6.17 Å². The molecule has 2 unspecified atom stereocenters. The lowest BCUT2D eigenvalue weighted by Gasteiger charge is -2.21. The summed E-state index contributed by atoms with van der Waals surface area (Å²) in [5.41, 5.74) is 0. The molecule has 0 aromatic heterocycles. The lowest BCUT2D eigenvalue weighted by molar-refractivity contribution is 0.264. The van der Waals surface area contributed by atoms with Crippen LogP contribution >= 0.6 is 11.6 Å². The van der Waals surface area contributed by atoms with E-state index in [0.717, 1.165) is 0 Å². The summed E-state index contributed by atoms with van der Waals surface area (Å²) >= 11 is 5.54. The molecule has 0 radical (unpaired) electrons. The highest BCUT2D eigenvalue weighted by Crippen LogP contribution is 2.18. The number of allylic oxidation sites excluding steroid dienone is 1. The predicted molar refractivity (Wildman–Crippen MR) is 36.0 cm³/mol. The number of rotatable bonds is 0. The van der Waals surface area contributed by atoms with Crippen LogP contribution in [-0.2, 0) is 0 Å². The van der Waals surface area contributed by atoms with Crippen LogP contribution in [0, 0.1) is 0 Å². The molecule has 0 amide bonds. The zero-order valence-electron chi connectivity index (χ0n) is 5.20. The quantitative estimate of drug-likeness (QED) is 0.554. The van der Waals surface area contributed by atoms with Crippen LogP contribution < -0.4 is 5.32 Å². The third-order valence-corrected chi connectivity index (χ3v) is 1.70. The first-order valence-corrected chi connectivity index (χ1v) is 3.32. The zero-order chi connectivity index (χ0) is 6.85. The average Bonchev–Trinajstić information content (AvgIpc) is 1.80. The number of halogens is 2. The second-order valence-electron chi connectivity index (χ2n) is 2.27. The highest BCUT2D eigenvalue weighted by Gasteiger charge is 2.19. The summed E-state index contributed by atoms with van der Waals surface area (Å²) < 4.78 is 12.6. The second-order valence-corrected chi connectivity index (χ2v) is 2.75. The minimum Gasteiger partial charge on any atom is -0.385 e. The van der Waals surface area contributed by atoms with Gasteiger partial charge >= 0.3 is 0 Å². The van der Waals surface area contributed by atoms with Crippen molar-refractivity contribution in [1.82, 2.24) is 5.32 Å². The van der Waals surface area contributed by atoms with Crippen LogP contribution in [-0.4, -0.2) is 12.2 Å². The van der Waals surface area contributed by atoms with Gasteiger partial charge in [0.2, 0.25) is 0 Å². The van der Waals surface area contributed by atoms with E-state index in [0.29, 0.717) is 11.5 Å². The van der Waals surface area contributed by atoms with Crippen molar-refractivity contribution >= 4 is 11.6 Å². The molecule has 1 nitrogen and oxygen atoms in total. The molecule has 9 heavy (non-hydrogen) atoms. The van der Waals surface area contributed by atoms with Gasteiger partial charge in [-0.1, -0.05) is 11.6 Å². The van der Waals surface area contributed by atoms with Gasteiger partial charge in [-0.05, 0) is 6.92 Å². The van der Waals surface area contributed by atoms with E-state index in [2.05, 4.69) is 5.32 Å². The zero-order valence-corrected chi connectivity index (χ0v) is 5.95. The van der Waals surface area contributed by atoms with Gasteiger partial charge in [0.25, 0.3) is 0 Å². The molecule has 3 heteroatoms. The van der Waals surface area contributed by atoms with E-state index in [1.165, 1.54) is 0 Å². The monoisotopic (exact) mass is 149 g/mol. The average molecular weight is 150 g/mol. The van der Waals surface area contributed by atoms with Gasteiger partial charge in [0, 0.05) is 17.7 Å². The maximum Gasteiger partial charge on any atom is 0.125 e. The lowest BCUT2D eigenvalue weighted by Crippen LogP contribution is -2.34. The molecule has 0 aliphatic carbocycles. The molecule has 0 aromatic carbocycles. The van der Waals surface area contributed by atoms with Crippen molar-refractivity contribution in [3.8, 4) is 0 Å². The number of alkyl halides is 1. The Morgan fingerprint density at radius 2 is 2.56 bits per heavy atom. The van der Waals surface area contributed by atoms with Crippen LogP contribution in [0.4, 0.5) is 4.39 Å². The molecule has 1 aliphatic rings. The Labute approximate surface area is 58.9 Å². The number of hydrogen-bond acceptors (Lipinski definition) is 1. The van der Waals surface area contributed by atoms with E-state index >= 15 is 0 Å². The van der Waals surface area contributed by atoms with Gasteiger partial charge < -0.3 is 5.32 Å². The first kappa shape index (κ1) is 6.87. The van der Waals surface area contributed by atoms with Gasteiger partial charge in [-0.3, -0.25) is 0 Å². The molecule has 0 saturated carbocycles. The van der Waals surface area contributed by atoms with Gasteiger partial charge in [0.1, 0.15) is 6.17 Å². The molecule has 0 bridgehead atoms. The van der Waals surface area contributed by atoms with E-state index in [-0.39, 0.29) is 6.04 Å². The summed E-state index contributed by atoms with van der Waals surface area (Å²) in [6.45, 7) is 1.80.